The van der Waals surface area contributed by atoms with E-state index in [0.29, 0.717) is 36.1 Å². The summed E-state index contributed by atoms with van der Waals surface area (Å²) in [6.45, 7) is 4.22. The number of nitrogens with zero attached hydrogens (tertiary/aromatic N) is 3. The van der Waals surface area contributed by atoms with E-state index in [1.54, 1.807) is 12.1 Å². The average Bonchev–Trinajstić information content (AvgIpc) is 3.30. The molecule has 1 aromatic heterocycles. The fourth-order valence-corrected chi connectivity index (χ4v) is 6.09. The number of hydrogen-bond acceptors (Lipinski definition) is 6. The summed E-state index contributed by atoms with van der Waals surface area (Å²) in [5.41, 5.74) is 3.65. The summed E-state index contributed by atoms with van der Waals surface area (Å²) in [5.74, 6) is -0.311. The van der Waals surface area contributed by atoms with Crippen LogP contribution in [0.25, 0.3) is 11.0 Å². The third-order valence-corrected chi connectivity index (χ3v) is 7.31. The molecule has 7 nitrogen and oxygen atoms in total. The van der Waals surface area contributed by atoms with Gasteiger partial charge in [-0.2, -0.15) is 13.1 Å². The average molecular weight is 417 g/mol. The van der Waals surface area contributed by atoms with Gasteiger partial charge in [0.2, 0.25) is 15.9 Å². The Morgan fingerprint density at radius 3 is 2.68 bits per heavy atom. The summed E-state index contributed by atoms with van der Waals surface area (Å²) in [4.78, 5) is 13.0. The SMILES string of the molecule is Cc1cc(C)cc(NC(=O)[C@H]2CCCN2S(=O)(=O)c2cccc3nsnc23)c1. The first-order valence-electron chi connectivity index (χ1n) is 8.98. The fourth-order valence-electron chi connectivity index (χ4n) is 3.68. The molecule has 1 aliphatic rings. The predicted molar refractivity (Wildman–Crippen MR) is 109 cm³/mol. The Kier molecular flexibility index (Phi) is 4.90. The molecule has 0 saturated carbocycles. The van der Waals surface area contributed by atoms with Crippen LogP contribution < -0.4 is 5.32 Å². The second-order valence-electron chi connectivity index (χ2n) is 7.03. The van der Waals surface area contributed by atoms with Crippen LogP contribution in [-0.4, -0.2) is 40.0 Å². The molecular formula is C19H20N4O3S2. The molecule has 0 radical (unpaired) electrons. The minimum Gasteiger partial charge on any atom is -0.325 e. The highest BCUT2D eigenvalue weighted by Crippen LogP contribution is 2.30. The Bertz CT molecular complexity index is 1140. The van der Waals surface area contributed by atoms with Gasteiger partial charge in [0.1, 0.15) is 22.0 Å². The van der Waals surface area contributed by atoms with Crippen LogP contribution in [0.5, 0.6) is 0 Å². The highest BCUT2D eigenvalue weighted by Gasteiger charge is 2.40. The topological polar surface area (TPSA) is 92.3 Å². The highest BCUT2D eigenvalue weighted by molar-refractivity contribution is 7.89. The van der Waals surface area contributed by atoms with E-state index in [4.69, 9.17) is 0 Å². The number of carbonyl (C=O) groups is 1. The number of hydrogen-bond donors (Lipinski definition) is 1. The van der Waals surface area contributed by atoms with Crippen molar-refractivity contribution in [2.45, 2.75) is 37.6 Å². The van der Waals surface area contributed by atoms with E-state index in [1.807, 2.05) is 32.0 Å². The van der Waals surface area contributed by atoms with Crippen molar-refractivity contribution in [1.82, 2.24) is 13.1 Å². The second kappa shape index (κ2) is 7.23. The third kappa shape index (κ3) is 3.41. The van der Waals surface area contributed by atoms with Crippen LogP contribution in [0.2, 0.25) is 0 Å². The number of benzene rings is 2. The number of sulfonamides is 1. The summed E-state index contributed by atoms with van der Waals surface area (Å²) in [5, 5.41) is 2.88. The van der Waals surface area contributed by atoms with Gasteiger partial charge < -0.3 is 5.32 Å². The fraction of sp³-hybridized carbons (Fsp3) is 0.316. The normalized spacial score (nSPS) is 17.9. The van der Waals surface area contributed by atoms with Gasteiger partial charge in [-0.05, 0) is 62.1 Å². The maximum atomic E-state index is 13.3. The maximum Gasteiger partial charge on any atom is 0.246 e. The van der Waals surface area contributed by atoms with Gasteiger partial charge in [0.05, 0.1) is 11.7 Å². The van der Waals surface area contributed by atoms with Crippen molar-refractivity contribution >= 4 is 44.4 Å². The van der Waals surface area contributed by atoms with Gasteiger partial charge in [-0.25, -0.2) is 8.42 Å². The lowest BCUT2D eigenvalue weighted by Crippen LogP contribution is -2.43. The molecule has 1 aliphatic heterocycles. The molecule has 146 valence electrons. The maximum absolute atomic E-state index is 13.3. The standard InChI is InChI=1S/C19H20N4O3S2/c1-12-9-13(2)11-14(10-12)20-19(24)16-6-4-8-23(16)28(25,26)17-7-3-5-15-18(17)22-27-21-15/h3,5,7,9-11,16H,4,6,8H2,1-2H3,(H,20,24)/t16-/m1/s1. The van der Waals surface area contributed by atoms with Gasteiger partial charge in [-0.3, -0.25) is 4.79 Å². The van der Waals surface area contributed by atoms with Gasteiger partial charge in [-0.15, -0.1) is 0 Å². The smallest absolute Gasteiger partial charge is 0.246 e. The molecular weight excluding hydrogens is 396 g/mol. The minimum atomic E-state index is -3.86. The van der Waals surface area contributed by atoms with E-state index in [-0.39, 0.29) is 10.8 Å². The molecule has 1 fully saturated rings. The van der Waals surface area contributed by atoms with Crippen LogP contribution in [-0.2, 0) is 14.8 Å². The molecule has 1 amide bonds. The molecule has 9 heteroatoms. The van der Waals surface area contributed by atoms with Crippen molar-refractivity contribution in [2.24, 2.45) is 0 Å². The summed E-state index contributed by atoms with van der Waals surface area (Å²) < 4.78 is 36.2. The van der Waals surface area contributed by atoms with E-state index in [2.05, 4.69) is 14.1 Å². The van der Waals surface area contributed by atoms with Crippen LogP contribution >= 0.6 is 11.7 Å². The number of fused-ring (bicyclic) bond motifs is 1. The largest absolute Gasteiger partial charge is 0.325 e. The lowest BCUT2D eigenvalue weighted by molar-refractivity contribution is -0.119. The van der Waals surface area contributed by atoms with Crippen molar-refractivity contribution in [2.75, 3.05) is 11.9 Å². The number of rotatable bonds is 4. The Labute approximate surface area is 167 Å². The molecule has 1 atom stereocenters. The summed E-state index contributed by atoms with van der Waals surface area (Å²) >= 11 is 0.975. The van der Waals surface area contributed by atoms with E-state index in [0.717, 1.165) is 22.9 Å². The molecule has 28 heavy (non-hydrogen) atoms. The highest BCUT2D eigenvalue weighted by atomic mass is 32.2. The van der Waals surface area contributed by atoms with E-state index in [9.17, 15) is 13.2 Å². The lowest BCUT2D eigenvalue weighted by Gasteiger charge is -2.23. The van der Waals surface area contributed by atoms with Gasteiger partial charge in [0.15, 0.2) is 0 Å². The van der Waals surface area contributed by atoms with Gasteiger partial charge >= 0.3 is 0 Å². The molecule has 4 rings (SSSR count). The van der Waals surface area contributed by atoms with Crippen LogP contribution in [0.15, 0.2) is 41.3 Å². The molecule has 0 unspecified atom stereocenters. The van der Waals surface area contributed by atoms with Crippen molar-refractivity contribution in [1.29, 1.82) is 0 Å². The van der Waals surface area contributed by atoms with E-state index < -0.39 is 16.1 Å². The summed E-state index contributed by atoms with van der Waals surface area (Å²) in [6.07, 6.45) is 1.12. The Morgan fingerprint density at radius 1 is 1.18 bits per heavy atom. The number of nitrogens with one attached hydrogen (secondary N) is 1. The molecule has 1 N–H and O–H groups in total. The van der Waals surface area contributed by atoms with Crippen LogP contribution in [0, 0.1) is 13.8 Å². The molecule has 0 spiro atoms. The molecule has 0 aliphatic carbocycles. The third-order valence-electron chi connectivity index (χ3n) is 4.83. The molecule has 2 aromatic carbocycles. The lowest BCUT2D eigenvalue weighted by atomic mass is 10.1. The molecule has 2 heterocycles. The zero-order valence-electron chi connectivity index (χ0n) is 15.5. The van der Waals surface area contributed by atoms with Crippen molar-refractivity contribution in [3.05, 3.63) is 47.5 Å². The van der Waals surface area contributed by atoms with Crippen LogP contribution in [0.3, 0.4) is 0 Å². The summed E-state index contributed by atoms with van der Waals surface area (Å²) in [7, 11) is -3.86. The minimum absolute atomic E-state index is 0.102. The molecule has 1 saturated heterocycles. The van der Waals surface area contributed by atoms with Crippen LogP contribution in [0.1, 0.15) is 24.0 Å². The van der Waals surface area contributed by atoms with Crippen LogP contribution in [0.4, 0.5) is 5.69 Å². The molecule has 0 bridgehead atoms. The zero-order chi connectivity index (χ0) is 19.9. The first kappa shape index (κ1) is 19.0. The number of anilines is 1. The van der Waals surface area contributed by atoms with Gasteiger partial charge in [0, 0.05) is 12.2 Å². The van der Waals surface area contributed by atoms with Gasteiger partial charge in [0.25, 0.3) is 0 Å². The monoisotopic (exact) mass is 416 g/mol. The van der Waals surface area contributed by atoms with Crippen molar-refractivity contribution in [3.63, 3.8) is 0 Å². The molecule has 3 aromatic rings. The number of carbonyl (C=O) groups excluding carboxylic acids is 1. The Hall–Kier alpha value is -2.36. The predicted octanol–water partition coefficient (Wildman–Crippen LogP) is 3.10. The van der Waals surface area contributed by atoms with Crippen molar-refractivity contribution in [3.8, 4) is 0 Å². The Morgan fingerprint density at radius 2 is 1.93 bits per heavy atom. The summed E-state index contributed by atoms with van der Waals surface area (Å²) in [6, 6.07) is 9.93. The number of aryl methyl sites for hydroxylation is 2. The Balaban J connectivity index is 1.64. The zero-order valence-corrected chi connectivity index (χ0v) is 17.2. The first-order valence-corrected chi connectivity index (χ1v) is 11.2. The van der Waals surface area contributed by atoms with E-state index in [1.165, 1.54) is 10.4 Å². The van der Waals surface area contributed by atoms with Gasteiger partial charge in [-0.1, -0.05) is 12.1 Å². The number of amides is 1. The van der Waals surface area contributed by atoms with Crippen molar-refractivity contribution < 1.29 is 13.2 Å². The quantitative estimate of drug-likeness (QED) is 0.706. The number of aromatic nitrogens is 2. The first-order chi connectivity index (χ1) is 13.4. The van der Waals surface area contributed by atoms with E-state index >= 15 is 0 Å². The second-order valence-corrected chi connectivity index (χ2v) is 9.41.